The zero-order chi connectivity index (χ0) is 16.1. The van der Waals surface area contributed by atoms with Crippen molar-refractivity contribution < 1.29 is 0 Å². The molecular weight excluding hydrogens is 280 g/mol. The largest absolute Gasteiger partial charge is 0.380 e. The first-order valence-electron chi connectivity index (χ1n) is 7.97. The molecule has 0 amide bonds. The van der Waals surface area contributed by atoms with E-state index >= 15 is 0 Å². The maximum Gasteiger partial charge on any atom is 0.0625 e. The minimum absolute atomic E-state index is 0.339. The minimum Gasteiger partial charge on any atom is -0.380 e. The second-order valence-electron chi connectivity index (χ2n) is 5.90. The molecule has 0 heterocycles. The molecule has 3 rings (SSSR count). The van der Waals surface area contributed by atoms with Crippen LogP contribution in [0.5, 0.6) is 0 Å². The lowest BCUT2D eigenvalue weighted by Crippen LogP contribution is -2.16. The van der Waals surface area contributed by atoms with Crippen molar-refractivity contribution in [2.75, 3.05) is 14.1 Å². The third kappa shape index (κ3) is 3.59. The van der Waals surface area contributed by atoms with Crippen LogP contribution in [0.15, 0.2) is 83.5 Å². The van der Waals surface area contributed by atoms with Gasteiger partial charge in [-0.2, -0.15) is 0 Å². The first kappa shape index (κ1) is 15.3. The number of aliphatic imine (C=N–C) groups is 1. The van der Waals surface area contributed by atoms with Crippen molar-refractivity contribution >= 4 is 11.9 Å². The van der Waals surface area contributed by atoms with Crippen molar-refractivity contribution in [1.82, 2.24) is 4.90 Å². The molecule has 2 aromatic carbocycles. The highest BCUT2D eigenvalue weighted by Gasteiger charge is 2.20. The highest BCUT2D eigenvalue weighted by molar-refractivity contribution is 5.67. The molecular formula is C21H22N2. The van der Waals surface area contributed by atoms with Gasteiger partial charge in [0.05, 0.1) is 5.69 Å². The average molecular weight is 302 g/mol. The molecule has 116 valence electrons. The zero-order valence-electron chi connectivity index (χ0n) is 13.7. The molecule has 1 unspecified atom stereocenters. The van der Waals surface area contributed by atoms with E-state index in [4.69, 9.17) is 0 Å². The smallest absolute Gasteiger partial charge is 0.0625 e. The maximum atomic E-state index is 4.56. The van der Waals surface area contributed by atoms with Crippen molar-refractivity contribution in [3.05, 3.63) is 89.6 Å². The predicted molar refractivity (Wildman–Crippen MR) is 98.4 cm³/mol. The number of benzene rings is 2. The molecule has 0 saturated heterocycles. The summed E-state index contributed by atoms with van der Waals surface area (Å²) in [4.78, 5) is 6.75. The van der Waals surface area contributed by atoms with Crippen LogP contribution >= 0.6 is 0 Å². The van der Waals surface area contributed by atoms with Gasteiger partial charge in [-0.1, -0.05) is 54.6 Å². The fourth-order valence-corrected chi connectivity index (χ4v) is 2.94. The summed E-state index contributed by atoms with van der Waals surface area (Å²) in [6, 6.07) is 18.7. The maximum absolute atomic E-state index is 4.56. The van der Waals surface area contributed by atoms with E-state index in [1.165, 1.54) is 16.8 Å². The van der Waals surface area contributed by atoms with E-state index in [2.05, 4.69) is 66.5 Å². The Bertz CT molecular complexity index is 739. The first-order chi connectivity index (χ1) is 11.3. The molecule has 1 aliphatic carbocycles. The Labute approximate surface area is 138 Å². The average Bonchev–Trinajstić information content (AvgIpc) is 3.06. The molecule has 2 aromatic rings. The highest BCUT2D eigenvalue weighted by Crippen LogP contribution is 2.33. The van der Waals surface area contributed by atoms with Crippen LogP contribution in [0.25, 0.3) is 0 Å². The molecule has 0 bridgehead atoms. The van der Waals surface area contributed by atoms with Crippen molar-refractivity contribution in [3.63, 3.8) is 0 Å². The predicted octanol–water partition coefficient (Wildman–Crippen LogP) is 4.73. The quantitative estimate of drug-likeness (QED) is 0.729. The Kier molecular flexibility index (Phi) is 4.72. The Morgan fingerprint density at radius 3 is 2.52 bits per heavy atom. The van der Waals surface area contributed by atoms with Crippen LogP contribution in [0.1, 0.15) is 17.0 Å². The molecule has 0 aliphatic heterocycles. The molecule has 0 N–H and O–H groups in total. The summed E-state index contributed by atoms with van der Waals surface area (Å²) in [5.41, 5.74) is 5.02. The van der Waals surface area contributed by atoms with E-state index in [9.17, 15) is 0 Å². The molecule has 23 heavy (non-hydrogen) atoms. The Morgan fingerprint density at radius 1 is 1.00 bits per heavy atom. The van der Waals surface area contributed by atoms with Crippen LogP contribution in [0.3, 0.4) is 0 Å². The molecule has 0 radical (unpaired) electrons. The first-order valence-corrected chi connectivity index (χ1v) is 7.97. The van der Waals surface area contributed by atoms with Gasteiger partial charge in [0, 0.05) is 38.3 Å². The third-order valence-electron chi connectivity index (χ3n) is 4.10. The van der Waals surface area contributed by atoms with Crippen LogP contribution in [0.2, 0.25) is 0 Å². The Hall–Kier alpha value is -2.61. The molecule has 0 spiro atoms. The lowest BCUT2D eigenvalue weighted by atomic mass is 9.91. The van der Waals surface area contributed by atoms with Gasteiger partial charge in [-0.3, -0.25) is 4.99 Å². The van der Waals surface area contributed by atoms with Gasteiger partial charge in [0.1, 0.15) is 0 Å². The van der Waals surface area contributed by atoms with Crippen LogP contribution in [0.4, 0.5) is 5.69 Å². The fourth-order valence-electron chi connectivity index (χ4n) is 2.94. The summed E-state index contributed by atoms with van der Waals surface area (Å²) in [6.45, 7) is 0. The van der Waals surface area contributed by atoms with Gasteiger partial charge in [0.25, 0.3) is 0 Å². The molecule has 2 heteroatoms. The van der Waals surface area contributed by atoms with E-state index in [0.29, 0.717) is 5.92 Å². The molecule has 0 fully saturated rings. The normalized spacial score (nSPS) is 16.8. The zero-order valence-corrected chi connectivity index (χ0v) is 13.7. The summed E-state index contributed by atoms with van der Waals surface area (Å²) < 4.78 is 0. The number of rotatable bonds is 5. The van der Waals surface area contributed by atoms with Crippen LogP contribution in [-0.2, 0) is 6.42 Å². The number of allylic oxidation sites excluding steroid dienone is 3. The minimum atomic E-state index is 0.339. The van der Waals surface area contributed by atoms with Gasteiger partial charge in [-0.25, -0.2) is 0 Å². The summed E-state index contributed by atoms with van der Waals surface area (Å²) in [7, 11) is 4.20. The fraction of sp³-hybridized carbons (Fsp3) is 0.190. The van der Waals surface area contributed by atoms with Crippen molar-refractivity contribution in [2.24, 2.45) is 4.99 Å². The van der Waals surface area contributed by atoms with Crippen LogP contribution in [-0.4, -0.2) is 25.2 Å². The lowest BCUT2D eigenvalue weighted by molar-refractivity contribution is 0.487. The third-order valence-corrected chi connectivity index (χ3v) is 4.10. The highest BCUT2D eigenvalue weighted by atomic mass is 15.1. The van der Waals surface area contributed by atoms with Gasteiger partial charge >= 0.3 is 0 Å². The molecule has 0 aromatic heterocycles. The molecule has 0 saturated carbocycles. The lowest BCUT2D eigenvalue weighted by Gasteiger charge is -2.23. The molecule has 2 nitrogen and oxygen atoms in total. The van der Waals surface area contributed by atoms with Gasteiger partial charge in [0.2, 0.25) is 0 Å². The second-order valence-corrected chi connectivity index (χ2v) is 5.90. The Balaban J connectivity index is 1.80. The van der Waals surface area contributed by atoms with E-state index < -0.39 is 0 Å². The van der Waals surface area contributed by atoms with Gasteiger partial charge in [-0.15, -0.1) is 0 Å². The van der Waals surface area contributed by atoms with E-state index in [1.807, 2.05) is 36.5 Å². The van der Waals surface area contributed by atoms with Gasteiger partial charge in [-0.05, 0) is 29.3 Å². The summed E-state index contributed by atoms with van der Waals surface area (Å²) in [5, 5.41) is 0. The number of hydrogen-bond acceptors (Lipinski definition) is 2. The molecule has 1 aliphatic rings. The van der Waals surface area contributed by atoms with Crippen LogP contribution in [0, 0.1) is 0 Å². The van der Waals surface area contributed by atoms with Crippen LogP contribution < -0.4 is 0 Å². The van der Waals surface area contributed by atoms with E-state index in [-0.39, 0.29) is 0 Å². The SMILES string of the molecule is CN(C)C1=CC=CC1c1ccccc1CC=Nc1ccccc1. The van der Waals surface area contributed by atoms with Crippen molar-refractivity contribution in [3.8, 4) is 0 Å². The monoisotopic (exact) mass is 302 g/mol. The Morgan fingerprint density at radius 2 is 1.74 bits per heavy atom. The second kappa shape index (κ2) is 7.10. The number of para-hydroxylation sites is 1. The summed E-state index contributed by atoms with van der Waals surface area (Å²) in [5.74, 6) is 0.339. The standard InChI is InChI=1S/C21H22N2/c1-23(2)21-14-8-13-20(21)19-12-7-6-9-17(19)15-16-22-18-10-4-3-5-11-18/h3-14,16,20H,15H2,1-2H3. The van der Waals surface area contributed by atoms with E-state index in [1.54, 1.807) is 0 Å². The molecule has 1 atom stereocenters. The van der Waals surface area contributed by atoms with Crippen molar-refractivity contribution in [1.29, 1.82) is 0 Å². The van der Waals surface area contributed by atoms with Gasteiger partial charge in [0.15, 0.2) is 0 Å². The number of hydrogen-bond donors (Lipinski definition) is 0. The van der Waals surface area contributed by atoms with E-state index in [0.717, 1.165) is 12.1 Å². The number of nitrogens with zero attached hydrogens (tertiary/aromatic N) is 2. The van der Waals surface area contributed by atoms with Gasteiger partial charge < -0.3 is 4.90 Å². The topological polar surface area (TPSA) is 15.6 Å². The summed E-state index contributed by atoms with van der Waals surface area (Å²) in [6.07, 6.45) is 9.46. The van der Waals surface area contributed by atoms with Crippen molar-refractivity contribution in [2.45, 2.75) is 12.3 Å². The number of likely N-dealkylation sites (N-methyl/N-ethyl adjacent to an activating group) is 1. The summed E-state index contributed by atoms with van der Waals surface area (Å²) >= 11 is 0.